The third kappa shape index (κ3) is 7.78. The van der Waals surface area contributed by atoms with Crippen molar-refractivity contribution in [3.8, 4) is 11.8 Å². The van der Waals surface area contributed by atoms with Crippen molar-refractivity contribution in [1.29, 1.82) is 0 Å². The van der Waals surface area contributed by atoms with E-state index in [4.69, 9.17) is 5.11 Å². The zero-order valence-corrected chi connectivity index (χ0v) is 12.3. The van der Waals surface area contributed by atoms with E-state index in [9.17, 15) is 9.59 Å². The second kappa shape index (κ2) is 9.60. The Morgan fingerprint density at radius 1 is 1.24 bits per heavy atom. The van der Waals surface area contributed by atoms with E-state index in [1.165, 1.54) is 0 Å². The van der Waals surface area contributed by atoms with Crippen LogP contribution in [0.5, 0.6) is 0 Å². The molecule has 4 nitrogen and oxygen atoms in total. The summed E-state index contributed by atoms with van der Waals surface area (Å²) in [5.74, 6) is 4.60. The average molecular weight is 287 g/mol. The monoisotopic (exact) mass is 287 g/mol. The Labute approximate surface area is 125 Å². The highest BCUT2D eigenvalue weighted by Crippen LogP contribution is 2.14. The molecule has 0 heterocycles. The van der Waals surface area contributed by atoms with Crippen molar-refractivity contribution in [3.05, 3.63) is 35.9 Å². The Morgan fingerprint density at radius 3 is 2.57 bits per heavy atom. The van der Waals surface area contributed by atoms with Gasteiger partial charge in [0.15, 0.2) is 0 Å². The van der Waals surface area contributed by atoms with Crippen LogP contribution in [0.3, 0.4) is 0 Å². The highest BCUT2D eigenvalue weighted by molar-refractivity contribution is 5.94. The number of nitrogens with one attached hydrogen (secondary N) is 1. The van der Waals surface area contributed by atoms with Crippen molar-refractivity contribution in [3.63, 3.8) is 0 Å². The van der Waals surface area contributed by atoms with Gasteiger partial charge in [-0.25, -0.2) is 0 Å². The van der Waals surface area contributed by atoms with Gasteiger partial charge in [0.25, 0.3) is 5.91 Å². The fourth-order valence-electron chi connectivity index (χ4n) is 1.96. The van der Waals surface area contributed by atoms with Crippen molar-refractivity contribution in [2.24, 2.45) is 5.92 Å². The number of carbonyl (C=O) groups excluding carboxylic acids is 1. The van der Waals surface area contributed by atoms with Gasteiger partial charge in [-0.2, -0.15) is 0 Å². The maximum absolute atomic E-state index is 11.6. The van der Waals surface area contributed by atoms with E-state index in [-0.39, 0.29) is 12.3 Å². The number of carboxylic acids is 1. The molecule has 0 bridgehead atoms. The van der Waals surface area contributed by atoms with Gasteiger partial charge in [-0.1, -0.05) is 37.5 Å². The van der Waals surface area contributed by atoms with Crippen LogP contribution in [0.1, 0.15) is 38.2 Å². The Morgan fingerprint density at radius 2 is 1.95 bits per heavy atom. The summed E-state index contributed by atoms with van der Waals surface area (Å²) in [6, 6.07) is 9.33. The number of carbonyl (C=O) groups is 2. The zero-order valence-electron chi connectivity index (χ0n) is 12.3. The quantitative estimate of drug-likeness (QED) is 0.757. The number of aliphatic carboxylic acids is 1. The first kappa shape index (κ1) is 16.8. The van der Waals surface area contributed by atoms with E-state index in [1.54, 1.807) is 0 Å². The van der Waals surface area contributed by atoms with Crippen LogP contribution in [0.4, 0.5) is 0 Å². The third-order valence-corrected chi connectivity index (χ3v) is 3.28. The van der Waals surface area contributed by atoms with E-state index in [2.05, 4.69) is 17.2 Å². The molecule has 4 heteroatoms. The Balaban J connectivity index is 2.30. The Bertz CT molecular complexity index is 514. The molecule has 0 aliphatic carbocycles. The number of carboxylic acid groups (broad SMARTS) is 1. The summed E-state index contributed by atoms with van der Waals surface area (Å²) in [4.78, 5) is 22.1. The minimum atomic E-state index is -0.772. The van der Waals surface area contributed by atoms with Crippen LogP contribution in [0.2, 0.25) is 0 Å². The van der Waals surface area contributed by atoms with Gasteiger partial charge in [0.1, 0.15) is 0 Å². The van der Waals surface area contributed by atoms with Crippen molar-refractivity contribution in [1.82, 2.24) is 5.32 Å². The van der Waals surface area contributed by atoms with Gasteiger partial charge >= 0.3 is 5.97 Å². The molecule has 1 atom stereocenters. The lowest BCUT2D eigenvalue weighted by molar-refractivity contribution is -0.137. The minimum Gasteiger partial charge on any atom is -0.481 e. The second-order valence-electron chi connectivity index (χ2n) is 4.87. The number of hydrogen-bond acceptors (Lipinski definition) is 2. The smallest absolute Gasteiger partial charge is 0.303 e. The molecule has 0 aromatic heterocycles. The fraction of sp³-hybridized carbons (Fsp3) is 0.412. The van der Waals surface area contributed by atoms with Gasteiger partial charge in [0.2, 0.25) is 0 Å². The molecule has 21 heavy (non-hydrogen) atoms. The summed E-state index contributed by atoms with van der Waals surface area (Å²) in [7, 11) is 0. The normalized spacial score (nSPS) is 11.1. The summed E-state index contributed by atoms with van der Waals surface area (Å²) in [6.07, 6.45) is 2.53. The first-order valence-corrected chi connectivity index (χ1v) is 7.18. The van der Waals surface area contributed by atoms with Crippen LogP contribution in [0.25, 0.3) is 0 Å². The van der Waals surface area contributed by atoms with Crippen LogP contribution in [-0.2, 0) is 9.59 Å². The minimum absolute atomic E-state index is 0.181. The van der Waals surface area contributed by atoms with Gasteiger partial charge in [-0.05, 0) is 30.9 Å². The van der Waals surface area contributed by atoms with Crippen LogP contribution in [-0.4, -0.2) is 23.5 Å². The van der Waals surface area contributed by atoms with Gasteiger partial charge in [-0.15, -0.1) is 0 Å². The molecule has 112 valence electrons. The maximum Gasteiger partial charge on any atom is 0.303 e. The summed E-state index contributed by atoms with van der Waals surface area (Å²) in [5.41, 5.74) is 0.806. The molecule has 1 rings (SSSR count). The predicted molar refractivity (Wildman–Crippen MR) is 81.6 cm³/mol. The molecule has 0 fully saturated rings. The molecule has 0 spiro atoms. The van der Waals surface area contributed by atoms with Crippen molar-refractivity contribution < 1.29 is 14.7 Å². The van der Waals surface area contributed by atoms with Gasteiger partial charge in [0, 0.05) is 24.4 Å². The Kier molecular flexibility index (Phi) is 7.67. The summed E-state index contributed by atoms with van der Waals surface area (Å²) >= 11 is 0. The molecule has 1 amide bonds. The standard InChI is InChI=1S/C17H21NO3/c1-2-14(9-11-17(20)21)12-13-18-16(19)10-8-15-6-4-3-5-7-15/h3-7,14H,2,9,11-13H2,1H3,(H,18,19)(H,20,21). The summed E-state index contributed by atoms with van der Waals surface area (Å²) in [6.45, 7) is 2.56. The van der Waals surface area contributed by atoms with Crippen molar-refractivity contribution in [2.45, 2.75) is 32.6 Å². The van der Waals surface area contributed by atoms with Crippen LogP contribution >= 0.6 is 0 Å². The molecule has 0 aliphatic heterocycles. The largest absolute Gasteiger partial charge is 0.481 e. The van der Waals surface area contributed by atoms with E-state index >= 15 is 0 Å². The molecular formula is C17H21NO3. The first-order chi connectivity index (χ1) is 10.1. The fourth-order valence-corrected chi connectivity index (χ4v) is 1.96. The number of benzene rings is 1. The SMILES string of the molecule is CCC(CCNC(=O)C#Cc1ccccc1)CCC(=O)O. The van der Waals surface area contributed by atoms with Crippen molar-refractivity contribution >= 4 is 11.9 Å². The zero-order chi connectivity index (χ0) is 15.5. The first-order valence-electron chi connectivity index (χ1n) is 7.18. The molecule has 0 radical (unpaired) electrons. The highest BCUT2D eigenvalue weighted by Gasteiger charge is 2.09. The van der Waals surface area contributed by atoms with Crippen LogP contribution < -0.4 is 5.32 Å². The lowest BCUT2D eigenvalue weighted by Crippen LogP contribution is -2.24. The molecule has 2 N–H and O–H groups in total. The number of amides is 1. The molecular weight excluding hydrogens is 266 g/mol. The van der Waals surface area contributed by atoms with E-state index in [0.29, 0.717) is 18.9 Å². The summed E-state index contributed by atoms with van der Waals surface area (Å²) in [5, 5.41) is 11.4. The third-order valence-electron chi connectivity index (χ3n) is 3.28. The van der Waals surface area contributed by atoms with Crippen LogP contribution in [0.15, 0.2) is 30.3 Å². The molecule has 1 aromatic rings. The van der Waals surface area contributed by atoms with Crippen LogP contribution in [0, 0.1) is 17.8 Å². The van der Waals surface area contributed by atoms with Gasteiger partial charge in [-0.3, -0.25) is 9.59 Å². The number of rotatable bonds is 7. The molecule has 0 aliphatic rings. The lowest BCUT2D eigenvalue weighted by atomic mass is 9.97. The molecule has 0 saturated heterocycles. The molecule has 0 saturated carbocycles. The highest BCUT2D eigenvalue weighted by atomic mass is 16.4. The van der Waals surface area contributed by atoms with Gasteiger partial charge in [0.05, 0.1) is 0 Å². The van der Waals surface area contributed by atoms with E-state index < -0.39 is 5.97 Å². The molecule has 1 aromatic carbocycles. The summed E-state index contributed by atoms with van der Waals surface area (Å²) < 4.78 is 0. The average Bonchev–Trinajstić information content (AvgIpc) is 2.49. The van der Waals surface area contributed by atoms with E-state index in [0.717, 1.165) is 18.4 Å². The molecule has 1 unspecified atom stereocenters. The predicted octanol–water partition coefficient (Wildman–Crippen LogP) is 2.44. The second-order valence-corrected chi connectivity index (χ2v) is 4.87. The number of hydrogen-bond donors (Lipinski definition) is 2. The van der Waals surface area contributed by atoms with E-state index in [1.807, 2.05) is 37.3 Å². The topological polar surface area (TPSA) is 66.4 Å². The lowest BCUT2D eigenvalue weighted by Gasteiger charge is -2.13. The van der Waals surface area contributed by atoms with Crippen molar-refractivity contribution in [2.75, 3.05) is 6.54 Å². The maximum atomic E-state index is 11.6. The Hall–Kier alpha value is -2.28. The van der Waals surface area contributed by atoms with Gasteiger partial charge < -0.3 is 10.4 Å².